The van der Waals surface area contributed by atoms with E-state index < -0.39 is 5.91 Å². The molecule has 0 bridgehead atoms. The monoisotopic (exact) mass is 347 g/mol. The van der Waals surface area contributed by atoms with Gasteiger partial charge in [-0.25, -0.2) is 0 Å². The summed E-state index contributed by atoms with van der Waals surface area (Å²) in [5.41, 5.74) is 6.21. The summed E-state index contributed by atoms with van der Waals surface area (Å²) in [5, 5.41) is 3.59. The van der Waals surface area contributed by atoms with Crippen LogP contribution in [-0.2, 0) is 16.1 Å². The Morgan fingerprint density at radius 1 is 1.32 bits per heavy atom. The van der Waals surface area contributed by atoms with E-state index in [4.69, 9.17) is 10.5 Å². The van der Waals surface area contributed by atoms with Crippen LogP contribution in [0.4, 0.5) is 0 Å². The van der Waals surface area contributed by atoms with Crippen molar-refractivity contribution >= 4 is 11.8 Å². The first kappa shape index (κ1) is 19.2. The number of benzene rings is 1. The largest absolute Gasteiger partial charge is 0.484 e. The van der Waals surface area contributed by atoms with Crippen molar-refractivity contribution < 1.29 is 14.3 Å². The van der Waals surface area contributed by atoms with E-state index in [2.05, 4.69) is 12.2 Å². The maximum absolute atomic E-state index is 12.1. The quantitative estimate of drug-likeness (QED) is 0.783. The maximum atomic E-state index is 12.1. The lowest BCUT2D eigenvalue weighted by atomic mass is 9.93. The van der Waals surface area contributed by atoms with Crippen LogP contribution in [0, 0.1) is 11.8 Å². The fourth-order valence-corrected chi connectivity index (χ4v) is 3.12. The minimum absolute atomic E-state index is 0.0620. The number of carbonyl (C=O) groups is 2. The first-order valence-electron chi connectivity index (χ1n) is 8.89. The number of nitrogens with two attached hydrogens (primary N) is 1. The number of nitrogens with one attached hydrogen (secondary N) is 1. The predicted octanol–water partition coefficient (Wildman–Crippen LogP) is 1.53. The van der Waals surface area contributed by atoms with Gasteiger partial charge in [0.15, 0.2) is 6.61 Å². The minimum Gasteiger partial charge on any atom is -0.484 e. The van der Waals surface area contributed by atoms with Gasteiger partial charge in [-0.3, -0.25) is 9.59 Å². The molecular formula is C19H29N3O3. The third kappa shape index (κ3) is 5.74. The van der Waals surface area contributed by atoms with E-state index in [1.807, 2.05) is 43.0 Å². The Kier molecular flexibility index (Phi) is 6.82. The van der Waals surface area contributed by atoms with Crippen molar-refractivity contribution in [2.24, 2.45) is 17.6 Å². The molecule has 1 heterocycles. The molecule has 1 saturated heterocycles. The number of rotatable bonds is 7. The van der Waals surface area contributed by atoms with Gasteiger partial charge >= 0.3 is 0 Å². The Morgan fingerprint density at radius 3 is 2.56 bits per heavy atom. The molecule has 1 aromatic carbocycles. The van der Waals surface area contributed by atoms with Crippen molar-refractivity contribution in [2.45, 2.75) is 39.8 Å². The highest BCUT2D eigenvalue weighted by atomic mass is 16.5. The van der Waals surface area contributed by atoms with Gasteiger partial charge in [-0.1, -0.05) is 32.9 Å². The standard InChI is InChI=1S/C19H29N3O3/c1-13(2)19(24)22-9-8-17(14(3)11-22)21-10-15-4-6-16(7-5-15)25-12-18(20)23/h4-7,13-14,17,21H,8-12H2,1-3H3,(H2,20,23)/t14-,17-/m1/s1. The molecule has 1 aliphatic rings. The third-order valence-electron chi connectivity index (χ3n) is 4.58. The molecule has 2 rings (SSSR count). The molecule has 2 atom stereocenters. The number of carbonyl (C=O) groups excluding carboxylic acids is 2. The van der Waals surface area contributed by atoms with Gasteiger partial charge in [-0.05, 0) is 30.0 Å². The number of amides is 2. The van der Waals surface area contributed by atoms with Gasteiger partial charge in [0.25, 0.3) is 5.91 Å². The van der Waals surface area contributed by atoms with Crippen molar-refractivity contribution in [1.29, 1.82) is 0 Å². The van der Waals surface area contributed by atoms with E-state index in [0.717, 1.165) is 31.6 Å². The molecule has 25 heavy (non-hydrogen) atoms. The van der Waals surface area contributed by atoms with Crippen LogP contribution in [-0.4, -0.2) is 42.5 Å². The molecule has 138 valence electrons. The van der Waals surface area contributed by atoms with Gasteiger partial charge in [0.2, 0.25) is 5.91 Å². The van der Waals surface area contributed by atoms with Crippen LogP contribution in [0.25, 0.3) is 0 Å². The number of hydrogen-bond acceptors (Lipinski definition) is 4. The van der Waals surface area contributed by atoms with Crippen molar-refractivity contribution in [3.8, 4) is 5.75 Å². The second-order valence-corrected chi connectivity index (χ2v) is 7.09. The molecular weight excluding hydrogens is 318 g/mol. The van der Waals surface area contributed by atoms with Crippen LogP contribution in [0.3, 0.4) is 0 Å². The Morgan fingerprint density at radius 2 is 2.00 bits per heavy atom. The fraction of sp³-hybridized carbons (Fsp3) is 0.579. The molecule has 1 aliphatic heterocycles. The zero-order valence-electron chi connectivity index (χ0n) is 15.3. The highest BCUT2D eigenvalue weighted by Crippen LogP contribution is 2.19. The van der Waals surface area contributed by atoms with E-state index >= 15 is 0 Å². The SMILES string of the molecule is CC(C)C(=O)N1CC[C@@H](NCc2ccc(OCC(N)=O)cc2)[C@H](C)C1. The number of hydrogen-bond donors (Lipinski definition) is 2. The zero-order valence-corrected chi connectivity index (χ0v) is 15.3. The Labute approximate surface area is 149 Å². The van der Waals surface area contributed by atoms with Crippen LogP contribution in [0.5, 0.6) is 5.75 Å². The third-order valence-corrected chi connectivity index (χ3v) is 4.58. The zero-order chi connectivity index (χ0) is 18.4. The summed E-state index contributed by atoms with van der Waals surface area (Å²) < 4.78 is 5.26. The summed E-state index contributed by atoms with van der Waals surface area (Å²) >= 11 is 0. The van der Waals surface area contributed by atoms with Crippen molar-refractivity contribution in [3.05, 3.63) is 29.8 Å². The Bertz CT molecular complexity index is 586. The lowest BCUT2D eigenvalue weighted by Gasteiger charge is -2.38. The van der Waals surface area contributed by atoms with Crippen LogP contribution >= 0.6 is 0 Å². The minimum atomic E-state index is -0.484. The molecule has 3 N–H and O–H groups in total. The normalized spacial score (nSPS) is 20.6. The molecule has 0 aliphatic carbocycles. The van der Waals surface area contributed by atoms with Crippen LogP contribution < -0.4 is 15.8 Å². The summed E-state index contributed by atoms with van der Waals surface area (Å²) in [4.78, 5) is 24.8. The van der Waals surface area contributed by atoms with Gasteiger partial charge in [0.05, 0.1) is 0 Å². The van der Waals surface area contributed by atoms with Gasteiger partial charge in [-0.2, -0.15) is 0 Å². The fourth-order valence-electron chi connectivity index (χ4n) is 3.12. The van der Waals surface area contributed by atoms with Crippen LogP contribution in [0.2, 0.25) is 0 Å². The molecule has 2 amide bonds. The molecule has 1 fully saturated rings. The Balaban J connectivity index is 1.79. The van der Waals surface area contributed by atoms with E-state index in [-0.39, 0.29) is 18.4 Å². The molecule has 0 aromatic heterocycles. The Hall–Kier alpha value is -2.08. The first-order chi connectivity index (χ1) is 11.9. The highest BCUT2D eigenvalue weighted by Gasteiger charge is 2.29. The summed E-state index contributed by atoms with van der Waals surface area (Å²) in [5.74, 6) is 0.886. The van der Waals surface area contributed by atoms with Crippen LogP contribution in [0.1, 0.15) is 32.8 Å². The molecule has 0 saturated carbocycles. The lowest BCUT2D eigenvalue weighted by molar-refractivity contribution is -0.136. The van der Waals surface area contributed by atoms with E-state index in [0.29, 0.717) is 17.7 Å². The summed E-state index contributed by atoms with van der Waals surface area (Å²) in [7, 11) is 0. The van der Waals surface area contributed by atoms with Crippen molar-refractivity contribution in [3.63, 3.8) is 0 Å². The lowest BCUT2D eigenvalue weighted by Crippen LogP contribution is -2.50. The highest BCUT2D eigenvalue weighted by molar-refractivity contribution is 5.78. The van der Waals surface area contributed by atoms with Gasteiger partial charge in [0.1, 0.15) is 5.75 Å². The number of piperidine rings is 1. The van der Waals surface area contributed by atoms with E-state index in [1.165, 1.54) is 0 Å². The topological polar surface area (TPSA) is 84.7 Å². The van der Waals surface area contributed by atoms with Crippen molar-refractivity contribution in [1.82, 2.24) is 10.2 Å². The van der Waals surface area contributed by atoms with Gasteiger partial charge < -0.3 is 20.7 Å². The van der Waals surface area contributed by atoms with Gasteiger partial charge in [0, 0.05) is 31.6 Å². The van der Waals surface area contributed by atoms with Crippen molar-refractivity contribution in [2.75, 3.05) is 19.7 Å². The predicted molar refractivity (Wildman–Crippen MR) is 97.0 cm³/mol. The van der Waals surface area contributed by atoms with Gasteiger partial charge in [-0.15, -0.1) is 0 Å². The van der Waals surface area contributed by atoms with Crippen LogP contribution in [0.15, 0.2) is 24.3 Å². The van der Waals surface area contributed by atoms with E-state index in [1.54, 1.807) is 0 Å². The molecule has 0 unspecified atom stereocenters. The smallest absolute Gasteiger partial charge is 0.255 e. The second kappa shape index (κ2) is 8.85. The summed E-state index contributed by atoms with van der Waals surface area (Å²) in [6.45, 7) is 8.39. The second-order valence-electron chi connectivity index (χ2n) is 7.09. The van der Waals surface area contributed by atoms with E-state index in [9.17, 15) is 9.59 Å². The summed E-state index contributed by atoms with van der Waals surface area (Å²) in [6, 6.07) is 8.04. The molecule has 6 nitrogen and oxygen atoms in total. The molecule has 6 heteroatoms. The first-order valence-corrected chi connectivity index (χ1v) is 8.89. The maximum Gasteiger partial charge on any atom is 0.255 e. The number of primary amides is 1. The number of ether oxygens (including phenoxy) is 1. The average molecular weight is 347 g/mol. The molecule has 0 radical (unpaired) electrons. The average Bonchev–Trinajstić information content (AvgIpc) is 2.59. The number of nitrogens with zero attached hydrogens (tertiary/aromatic N) is 1. The summed E-state index contributed by atoms with van der Waals surface area (Å²) in [6.07, 6.45) is 0.972. The number of likely N-dealkylation sites (tertiary alicyclic amines) is 1. The molecule has 0 spiro atoms. The molecule has 1 aromatic rings.